The SMILES string of the molecule is CC(C)C(CCO)NC(=O)c1ncoc1-c1ccccc1Cl. The van der Waals surface area contributed by atoms with Crippen LogP contribution in [0.5, 0.6) is 0 Å². The van der Waals surface area contributed by atoms with E-state index in [1.807, 2.05) is 19.9 Å². The lowest BCUT2D eigenvalue weighted by Gasteiger charge is -2.21. The molecular formula is C16H19ClN2O3. The Labute approximate surface area is 134 Å². The minimum absolute atomic E-state index is 0.0132. The number of aromatic nitrogens is 1. The van der Waals surface area contributed by atoms with E-state index >= 15 is 0 Å². The molecule has 1 unspecified atom stereocenters. The quantitative estimate of drug-likeness (QED) is 0.856. The molecule has 2 N–H and O–H groups in total. The molecule has 0 saturated carbocycles. The third-order valence-corrected chi connectivity index (χ3v) is 3.79. The van der Waals surface area contributed by atoms with Gasteiger partial charge in [0.2, 0.25) is 0 Å². The number of aliphatic hydroxyl groups excluding tert-OH is 1. The molecule has 1 amide bonds. The number of nitrogens with zero attached hydrogens (tertiary/aromatic N) is 1. The van der Waals surface area contributed by atoms with Gasteiger partial charge in [-0.1, -0.05) is 37.6 Å². The van der Waals surface area contributed by atoms with Crippen molar-refractivity contribution in [3.8, 4) is 11.3 Å². The number of benzene rings is 1. The summed E-state index contributed by atoms with van der Waals surface area (Å²) in [5.74, 6) is 0.206. The predicted molar refractivity (Wildman–Crippen MR) is 84.7 cm³/mol. The van der Waals surface area contributed by atoms with Gasteiger partial charge in [0.15, 0.2) is 17.8 Å². The van der Waals surface area contributed by atoms with E-state index in [-0.39, 0.29) is 30.2 Å². The summed E-state index contributed by atoms with van der Waals surface area (Å²) in [7, 11) is 0. The molecule has 0 saturated heterocycles. The molecule has 1 aromatic carbocycles. The van der Waals surface area contributed by atoms with Gasteiger partial charge < -0.3 is 14.8 Å². The summed E-state index contributed by atoms with van der Waals surface area (Å²) in [4.78, 5) is 16.4. The molecule has 2 rings (SSSR count). The molecule has 0 aliphatic carbocycles. The fourth-order valence-corrected chi connectivity index (χ4v) is 2.41. The highest BCUT2D eigenvalue weighted by molar-refractivity contribution is 6.33. The molecule has 1 heterocycles. The van der Waals surface area contributed by atoms with Crippen molar-refractivity contribution in [2.45, 2.75) is 26.3 Å². The molecule has 0 bridgehead atoms. The van der Waals surface area contributed by atoms with Gasteiger partial charge in [0.1, 0.15) is 0 Å². The van der Waals surface area contributed by atoms with E-state index in [9.17, 15) is 4.79 Å². The van der Waals surface area contributed by atoms with Gasteiger partial charge in [0, 0.05) is 18.2 Å². The second-order valence-corrected chi connectivity index (χ2v) is 5.75. The lowest BCUT2D eigenvalue weighted by atomic mass is 10.0. The molecule has 0 fully saturated rings. The molecule has 2 aromatic rings. The fourth-order valence-electron chi connectivity index (χ4n) is 2.19. The average Bonchev–Trinajstić information content (AvgIpc) is 2.96. The largest absolute Gasteiger partial charge is 0.443 e. The summed E-state index contributed by atoms with van der Waals surface area (Å²) in [5.41, 5.74) is 0.812. The smallest absolute Gasteiger partial charge is 0.274 e. The lowest BCUT2D eigenvalue weighted by Crippen LogP contribution is -2.39. The van der Waals surface area contributed by atoms with Gasteiger partial charge in [-0.25, -0.2) is 4.98 Å². The Morgan fingerprint density at radius 2 is 2.14 bits per heavy atom. The highest BCUT2D eigenvalue weighted by Gasteiger charge is 2.23. The summed E-state index contributed by atoms with van der Waals surface area (Å²) < 4.78 is 5.35. The molecule has 5 nitrogen and oxygen atoms in total. The molecule has 118 valence electrons. The maximum Gasteiger partial charge on any atom is 0.274 e. The number of oxazole rings is 1. The summed E-state index contributed by atoms with van der Waals surface area (Å²) in [5, 5.41) is 12.5. The first kappa shape index (κ1) is 16.5. The number of carbonyl (C=O) groups is 1. The zero-order valence-electron chi connectivity index (χ0n) is 12.5. The van der Waals surface area contributed by atoms with E-state index in [0.717, 1.165) is 0 Å². The summed E-state index contributed by atoms with van der Waals surface area (Å²) >= 11 is 6.15. The Bertz CT molecular complexity index is 640. The van der Waals surface area contributed by atoms with Crippen LogP contribution in [0, 0.1) is 5.92 Å². The third-order valence-electron chi connectivity index (χ3n) is 3.46. The third kappa shape index (κ3) is 3.67. The van der Waals surface area contributed by atoms with Crippen LogP contribution < -0.4 is 5.32 Å². The Kier molecular flexibility index (Phi) is 5.57. The van der Waals surface area contributed by atoms with E-state index in [4.69, 9.17) is 21.1 Å². The van der Waals surface area contributed by atoms with Crippen molar-refractivity contribution in [2.75, 3.05) is 6.61 Å². The number of halogens is 1. The maximum absolute atomic E-state index is 12.4. The standard InChI is InChI=1S/C16H19ClN2O3/c1-10(2)13(7-8-20)19-16(21)14-15(22-9-18-14)11-5-3-4-6-12(11)17/h3-6,9-10,13,20H,7-8H2,1-2H3,(H,19,21). The molecule has 0 aliphatic heterocycles. The number of rotatable bonds is 6. The number of nitrogens with one attached hydrogen (secondary N) is 1. The van der Waals surface area contributed by atoms with Crippen molar-refractivity contribution in [1.82, 2.24) is 10.3 Å². The monoisotopic (exact) mass is 322 g/mol. The van der Waals surface area contributed by atoms with Gasteiger partial charge in [-0.15, -0.1) is 0 Å². The highest BCUT2D eigenvalue weighted by atomic mass is 35.5. The predicted octanol–water partition coefficient (Wildman–Crippen LogP) is 3.13. The van der Waals surface area contributed by atoms with Crippen LogP contribution >= 0.6 is 11.6 Å². The van der Waals surface area contributed by atoms with Gasteiger partial charge in [-0.2, -0.15) is 0 Å². The topological polar surface area (TPSA) is 75.4 Å². The summed E-state index contributed by atoms with van der Waals surface area (Å²) in [6, 6.07) is 6.98. The van der Waals surface area contributed by atoms with Crippen molar-refractivity contribution < 1.29 is 14.3 Å². The van der Waals surface area contributed by atoms with Crippen LogP contribution in [0.2, 0.25) is 5.02 Å². The van der Waals surface area contributed by atoms with Crippen molar-refractivity contribution in [2.24, 2.45) is 5.92 Å². The highest BCUT2D eigenvalue weighted by Crippen LogP contribution is 2.30. The van der Waals surface area contributed by atoms with Crippen LogP contribution in [-0.4, -0.2) is 28.6 Å². The maximum atomic E-state index is 12.4. The molecule has 1 aromatic heterocycles. The van der Waals surface area contributed by atoms with Gasteiger partial charge in [-0.05, 0) is 24.5 Å². The Morgan fingerprint density at radius 3 is 2.77 bits per heavy atom. The van der Waals surface area contributed by atoms with E-state index < -0.39 is 0 Å². The van der Waals surface area contributed by atoms with Crippen LogP contribution in [0.3, 0.4) is 0 Å². The minimum atomic E-state index is -0.337. The van der Waals surface area contributed by atoms with Crippen molar-refractivity contribution in [1.29, 1.82) is 0 Å². The number of carbonyl (C=O) groups excluding carboxylic acids is 1. The Morgan fingerprint density at radius 1 is 1.41 bits per heavy atom. The van der Waals surface area contributed by atoms with Crippen LogP contribution in [0.4, 0.5) is 0 Å². The molecule has 0 aliphatic rings. The van der Waals surface area contributed by atoms with Crippen molar-refractivity contribution in [3.05, 3.63) is 41.4 Å². The Balaban J connectivity index is 2.25. The number of amides is 1. The number of aliphatic hydroxyl groups is 1. The zero-order valence-corrected chi connectivity index (χ0v) is 13.3. The minimum Gasteiger partial charge on any atom is -0.443 e. The molecule has 1 atom stereocenters. The summed E-state index contributed by atoms with van der Waals surface area (Å²) in [6.45, 7) is 3.98. The van der Waals surface area contributed by atoms with Crippen LogP contribution in [0.1, 0.15) is 30.8 Å². The van der Waals surface area contributed by atoms with Crippen molar-refractivity contribution >= 4 is 17.5 Å². The molecule has 22 heavy (non-hydrogen) atoms. The molecule has 0 radical (unpaired) electrons. The fraction of sp³-hybridized carbons (Fsp3) is 0.375. The van der Waals surface area contributed by atoms with Crippen LogP contribution in [0.15, 0.2) is 35.1 Å². The average molecular weight is 323 g/mol. The summed E-state index contributed by atoms with van der Waals surface area (Å²) in [6.07, 6.45) is 1.71. The zero-order chi connectivity index (χ0) is 16.1. The number of hydrogen-bond donors (Lipinski definition) is 2. The van der Waals surface area contributed by atoms with E-state index in [0.29, 0.717) is 22.8 Å². The second kappa shape index (κ2) is 7.42. The number of hydrogen-bond acceptors (Lipinski definition) is 4. The molecule has 6 heteroatoms. The lowest BCUT2D eigenvalue weighted by molar-refractivity contribution is 0.0912. The first-order valence-corrected chi connectivity index (χ1v) is 7.52. The van der Waals surface area contributed by atoms with Gasteiger partial charge in [-0.3, -0.25) is 4.79 Å². The first-order valence-electron chi connectivity index (χ1n) is 7.14. The normalized spacial score (nSPS) is 12.4. The Hall–Kier alpha value is -1.85. The van der Waals surface area contributed by atoms with Gasteiger partial charge in [0.05, 0.1) is 5.02 Å². The second-order valence-electron chi connectivity index (χ2n) is 5.35. The van der Waals surface area contributed by atoms with E-state index in [1.54, 1.807) is 18.2 Å². The van der Waals surface area contributed by atoms with Gasteiger partial charge >= 0.3 is 0 Å². The van der Waals surface area contributed by atoms with Crippen LogP contribution in [0.25, 0.3) is 11.3 Å². The first-order chi connectivity index (χ1) is 10.5. The van der Waals surface area contributed by atoms with Crippen LogP contribution in [-0.2, 0) is 0 Å². The van der Waals surface area contributed by atoms with Gasteiger partial charge in [0.25, 0.3) is 5.91 Å². The molecule has 0 spiro atoms. The van der Waals surface area contributed by atoms with Crippen molar-refractivity contribution in [3.63, 3.8) is 0 Å². The van der Waals surface area contributed by atoms with E-state index in [1.165, 1.54) is 6.39 Å². The molecular weight excluding hydrogens is 304 g/mol. The van der Waals surface area contributed by atoms with E-state index in [2.05, 4.69) is 10.3 Å².